The van der Waals surface area contributed by atoms with E-state index >= 15 is 0 Å². The second-order valence-corrected chi connectivity index (χ2v) is 2.81. The monoisotopic (exact) mass is 233 g/mol. The first kappa shape index (κ1) is 12.2. The summed E-state index contributed by atoms with van der Waals surface area (Å²) in [4.78, 5) is 13.1. The van der Waals surface area contributed by atoms with Gasteiger partial charge in [-0.2, -0.15) is 0 Å². The van der Waals surface area contributed by atoms with Crippen LogP contribution in [-0.4, -0.2) is 17.0 Å². The molecule has 0 unspecified atom stereocenters. The number of halogens is 2. The summed E-state index contributed by atoms with van der Waals surface area (Å²) in [6, 6.07) is 0.683. The van der Waals surface area contributed by atoms with Crippen molar-refractivity contribution in [2.24, 2.45) is 5.73 Å². The fraction of sp³-hybridized carbons (Fsp3) is 0.375. The molecule has 0 radical (unpaired) electrons. The number of pyridine rings is 1. The van der Waals surface area contributed by atoms with Gasteiger partial charge in [-0.05, 0) is 9.91 Å². The number of hydrogen-bond acceptors (Lipinski definition) is 5. The lowest BCUT2D eigenvalue weighted by Crippen LogP contribution is -2.08. The zero-order valence-electron chi connectivity index (χ0n) is 8.31. The molecule has 1 rings (SSSR count). The SMILES string of the molecule is COc1c(C(F)F)cc([N+](=O)[O-])nc1CN. The van der Waals surface area contributed by atoms with Crippen LogP contribution in [0.2, 0.25) is 0 Å². The Bertz CT molecular complexity index is 412. The average Bonchev–Trinajstić information content (AvgIpc) is 2.26. The van der Waals surface area contributed by atoms with Crippen LogP contribution in [0, 0.1) is 10.1 Å². The molecule has 0 fully saturated rings. The van der Waals surface area contributed by atoms with Crippen molar-refractivity contribution in [2.45, 2.75) is 13.0 Å². The molecule has 0 aliphatic heterocycles. The lowest BCUT2D eigenvalue weighted by molar-refractivity contribution is -0.389. The van der Waals surface area contributed by atoms with Crippen LogP contribution in [0.25, 0.3) is 0 Å². The van der Waals surface area contributed by atoms with Gasteiger partial charge in [0.25, 0.3) is 6.43 Å². The van der Waals surface area contributed by atoms with E-state index in [2.05, 4.69) is 4.98 Å². The summed E-state index contributed by atoms with van der Waals surface area (Å²) in [5, 5.41) is 10.5. The van der Waals surface area contributed by atoms with Gasteiger partial charge in [0.15, 0.2) is 5.75 Å². The molecule has 0 saturated heterocycles. The van der Waals surface area contributed by atoms with Crippen molar-refractivity contribution in [1.82, 2.24) is 4.98 Å². The second kappa shape index (κ2) is 4.79. The van der Waals surface area contributed by atoms with Gasteiger partial charge in [-0.15, -0.1) is 0 Å². The molecule has 0 atom stereocenters. The van der Waals surface area contributed by atoms with E-state index in [1.807, 2.05) is 0 Å². The second-order valence-electron chi connectivity index (χ2n) is 2.81. The molecule has 2 N–H and O–H groups in total. The van der Waals surface area contributed by atoms with Gasteiger partial charge in [0, 0.05) is 6.07 Å². The zero-order valence-corrected chi connectivity index (χ0v) is 8.31. The van der Waals surface area contributed by atoms with Crippen LogP contribution in [0.5, 0.6) is 5.75 Å². The van der Waals surface area contributed by atoms with Gasteiger partial charge in [-0.3, -0.25) is 0 Å². The van der Waals surface area contributed by atoms with Gasteiger partial charge in [0.1, 0.15) is 0 Å². The lowest BCUT2D eigenvalue weighted by atomic mass is 10.2. The van der Waals surface area contributed by atoms with Crippen LogP contribution in [-0.2, 0) is 6.54 Å². The third-order valence-electron chi connectivity index (χ3n) is 1.88. The largest absolute Gasteiger partial charge is 0.492 e. The molecule has 6 nitrogen and oxygen atoms in total. The quantitative estimate of drug-likeness (QED) is 0.626. The Labute approximate surface area is 89.2 Å². The Morgan fingerprint density at radius 1 is 1.69 bits per heavy atom. The van der Waals surface area contributed by atoms with E-state index in [4.69, 9.17) is 10.5 Å². The fourth-order valence-corrected chi connectivity index (χ4v) is 1.22. The molecule has 0 spiro atoms. The summed E-state index contributed by atoms with van der Waals surface area (Å²) in [7, 11) is 1.17. The molecule has 0 bridgehead atoms. The molecular formula is C8H9F2N3O3. The van der Waals surface area contributed by atoms with Crippen LogP contribution in [0.3, 0.4) is 0 Å². The molecule has 1 heterocycles. The highest BCUT2D eigenvalue weighted by atomic mass is 19.3. The molecule has 88 valence electrons. The molecule has 0 aliphatic carbocycles. The third kappa shape index (κ3) is 2.22. The summed E-state index contributed by atoms with van der Waals surface area (Å²) in [6.45, 7) is -0.218. The molecule has 0 aliphatic rings. The minimum absolute atomic E-state index is 0.0630. The van der Waals surface area contributed by atoms with E-state index in [9.17, 15) is 18.9 Å². The van der Waals surface area contributed by atoms with Crippen molar-refractivity contribution in [3.63, 3.8) is 0 Å². The Balaban J connectivity index is 3.43. The molecule has 16 heavy (non-hydrogen) atoms. The van der Waals surface area contributed by atoms with E-state index in [0.717, 1.165) is 0 Å². The van der Waals surface area contributed by atoms with Crippen LogP contribution in [0.1, 0.15) is 17.7 Å². The summed E-state index contributed by atoms with van der Waals surface area (Å²) in [5.41, 5.74) is 4.61. The maximum atomic E-state index is 12.6. The minimum atomic E-state index is -2.89. The standard InChI is InChI=1S/C8H9F2N3O3/c1-16-7-4(8(9)10)2-6(13(14)15)12-5(7)3-11/h2,8H,3,11H2,1H3. The number of hydrogen-bond donors (Lipinski definition) is 1. The number of nitrogens with two attached hydrogens (primary N) is 1. The number of alkyl halides is 2. The Morgan fingerprint density at radius 3 is 2.69 bits per heavy atom. The summed E-state index contributed by atoms with van der Waals surface area (Å²) >= 11 is 0. The first-order valence-corrected chi connectivity index (χ1v) is 4.21. The van der Waals surface area contributed by atoms with Crippen molar-refractivity contribution in [3.05, 3.63) is 27.4 Å². The first-order chi connectivity index (χ1) is 7.51. The van der Waals surface area contributed by atoms with E-state index in [-0.39, 0.29) is 18.0 Å². The van der Waals surface area contributed by atoms with Crippen molar-refractivity contribution in [3.8, 4) is 5.75 Å². The number of aromatic nitrogens is 1. The van der Waals surface area contributed by atoms with E-state index in [0.29, 0.717) is 6.07 Å². The number of methoxy groups -OCH3 is 1. The first-order valence-electron chi connectivity index (χ1n) is 4.21. The lowest BCUT2D eigenvalue weighted by Gasteiger charge is -2.08. The molecular weight excluding hydrogens is 224 g/mol. The maximum Gasteiger partial charge on any atom is 0.364 e. The van der Waals surface area contributed by atoms with E-state index < -0.39 is 22.7 Å². The van der Waals surface area contributed by atoms with Gasteiger partial charge in [-0.1, -0.05) is 0 Å². The maximum absolute atomic E-state index is 12.6. The number of ether oxygens (including phenoxy) is 1. The van der Waals surface area contributed by atoms with Crippen molar-refractivity contribution in [1.29, 1.82) is 0 Å². The van der Waals surface area contributed by atoms with Gasteiger partial charge in [0.2, 0.25) is 5.69 Å². The highest BCUT2D eigenvalue weighted by Crippen LogP contribution is 2.33. The van der Waals surface area contributed by atoms with Crippen molar-refractivity contribution >= 4 is 5.82 Å². The van der Waals surface area contributed by atoms with Crippen LogP contribution >= 0.6 is 0 Å². The minimum Gasteiger partial charge on any atom is -0.492 e. The fourth-order valence-electron chi connectivity index (χ4n) is 1.22. The Hall–Kier alpha value is -1.83. The molecule has 0 saturated carbocycles. The number of nitrogens with zero attached hydrogens (tertiary/aromatic N) is 2. The molecule has 1 aromatic heterocycles. The molecule has 1 aromatic rings. The third-order valence-corrected chi connectivity index (χ3v) is 1.88. The molecule has 0 aromatic carbocycles. The predicted molar refractivity (Wildman–Crippen MR) is 50.3 cm³/mol. The van der Waals surface area contributed by atoms with Crippen LogP contribution in [0.4, 0.5) is 14.6 Å². The Morgan fingerprint density at radius 2 is 2.31 bits per heavy atom. The topological polar surface area (TPSA) is 91.3 Å². The summed E-state index contributed by atoms with van der Waals surface area (Å²) in [5.74, 6) is -0.875. The highest BCUT2D eigenvalue weighted by Gasteiger charge is 2.25. The normalized spacial score (nSPS) is 10.6. The zero-order chi connectivity index (χ0) is 12.3. The molecule has 0 amide bonds. The van der Waals surface area contributed by atoms with Crippen LogP contribution < -0.4 is 10.5 Å². The molecule has 8 heteroatoms. The highest BCUT2D eigenvalue weighted by molar-refractivity contribution is 5.43. The van der Waals surface area contributed by atoms with Gasteiger partial charge in [0.05, 0.1) is 19.2 Å². The van der Waals surface area contributed by atoms with Gasteiger partial charge < -0.3 is 20.6 Å². The van der Waals surface area contributed by atoms with Crippen molar-refractivity contribution < 1.29 is 18.4 Å². The summed E-state index contributed by atoms with van der Waals surface area (Å²) < 4.78 is 29.9. The van der Waals surface area contributed by atoms with E-state index in [1.165, 1.54) is 7.11 Å². The smallest absolute Gasteiger partial charge is 0.364 e. The van der Waals surface area contributed by atoms with Gasteiger partial charge >= 0.3 is 5.82 Å². The summed E-state index contributed by atoms with van der Waals surface area (Å²) in [6.07, 6.45) is -2.89. The number of rotatable bonds is 4. The van der Waals surface area contributed by atoms with E-state index in [1.54, 1.807) is 0 Å². The van der Waals surface area contributed by atoms with Gasteiger partial charge in [-0.25, -0.2) is 8.78 Å². The van der Waals surface area contributed by atoms with Crippen LogP contribution in [0.15, 0.2) is 6.07 Å². The predicted octanol–water partition coefficient (Wildman–Crippen LogP) is 1.39. The van der Waals surface area contributed by atoms with Crippen molar-refractivity contribution in [2.75, 3.05) is 7.11 Å². The number of nitro groups is 1. The average molecular weight is 233 g/mol. The Kier molecular flexibility index (Phi) is 3.67.